The molecule has 23 heavy (non-hydrogen) atoms. The lowest BCUT2D eigenvalue weighted by molar-refractivity contribution is -0.202. The first kappa shape index (κ1) is 17.3. The van der Waals surface area contributed by atoms with Gasteiger partial charge in [0, 0.05) is 6.42 Å². The summed E-state index contributed by atoms with van der Waals surface area (Å²) in [5.74, 6) is -1.41. The minimum absolute atomic E-state index is 0.0326. The van der Waals surface area contributed by atoms with Gasteiger partial charge in [-0.25, -0.2) is 0 Å². The molecule has 122 valence electrons. The van der Waals surface area contributed by atoms with E-state index in [2.05, 4.69) is 5.32 Å². The average molecular weight is 342 g/mol. The molecule has 0 aliphatic heterocycles. The maximum atomic E-state index is 14.0. The molecule has 6 heteroatoms. The second-order valence-corrected chi connectivity index (χ2v) is 5.38. The molecule has 2 rings (SSSR count). The number of benzene rings is 2. The minimum atomic E-state index is -4.69. The van der Waals surface area contributed by atoms with Crippen LogP contribution < -0.4 is 5.32 Å². The fraction of sp³-hybridized carbons (Fsp3) is 0.235. The number of rotatable bonds is 5. The number of amides is 1. The Hall–Kier alpha value is -2.01. The Morgan fingerprint density at radius 3 is 1.96 bits per heavy atom. The quantitative estimate of drug-likeness (QED) is 0.817. The van der Waals surface area contributed by atoms with Gasteiger partial charge < -0.3 is 5.32 Å². The van der Waals surface area contributed by atoms with E-state index in [0.717, 1.165) is 0 Å². The Bertz CT molecular complexity index is 646. The van der Waals surface area contributed by atoms with E-state index < -0.39 is 29.9 Å². The number of hydrogen-bond acceptors (Lipinski definition) is 1. The van der Waals surface area contributed by atoms with Crippen LogP contribution in [0.3, 0.4) is 0 Å². The molecule has 0 fully saturated rings. The lowest BCUT2D eigenvalue weighted by Crippen LogP contribution is -2.57. The second kappa shape index (κ2) is 7.04. The van der Waals surface area contributed by atoms with E-state index >= 15 is 0 Å². The lowest BCUT2D eigenvalue weighted by atomic mass is 9.83. The van der Waals surface area contributed by atoms with Crippen molar-refractivity contribution in [3.05, 3.63) is 71.8 Å². The molecule has 0 radical (unpaired) electrons. The Morgan fingerprint density at radius 2 is 1.48 bits per heavy atom. The summed E-state index contributed by atoms with van der Waals surface area (Å²) in [6.45, 7) is 0. The first-order chi connectivity index (χ1) is 10.9. The van der Waals surface area contributed by atoms with Crippen LogP contribution in [0.15, 0.2) is 60.7 Å². The van der Waals surface area contributed by atoms with Gasteiger partial charge in [0.05, 0.1) is 0 Å². The highest BCUT2D eigenvalue weighted by Gasteiger charge is 2.56. The van der Waals surface area contributed by atoms with Crippen molar-refractivity contribution in [2.75, 3.05) is 5.88 Å². The Kier molecular flexibility index (Phi) is 5.31. The smallest absolute Gasteiger partial charge is 0.337 e. The van der Waals surface area contributed by atoms with Crippen molar-refractivity contribution in [3.8, 4) is 0 Å². The van der Waals surface area contributed by atoms with Crippen LogP contribution in [0.2, 0.25) is 0 Å². The van der Waals surface area contributed by atoms with Gasteiger partial charge in [0.25, 0.3) is 0 Å². The Balaban J connectivity index is 2.57. The predicted molar refractivity (Wildman–Crippen MR) is 83.2 cm³/mol. The fourth-order valence-electron chi connectivity index (χ4n) is 2.45. The molecule has 1 amide bonds. The number of carbonyl (C=O) groups is 1. The van der Waals surface area contributed by atoms with Crippen LogP contribution in [-0.4, -0.2) is 18.0 Å². The standard InChI is InChI=1S/C17H15ClF3NO/c18-12-15(23)22-16(17(19,20)21,14-9-5-2-6-10-14)11-13-7-3-1-4-8-13/h1-10H,11-12H2,(H,22,23). The Morgan fingerprint density at radius 1 is 0.957 bits per heavy atom. The van der Waals surface area contributed by atoms with E-state index in [1.807, 2.05) is 0 Å². The van der Waals surface area contributed by atoms with Crippen LogP contribution in [0, 0.1) is 0 Å². The maximum absolute atomic E-state index is 14.0. The van der Waals surface area contributed by atoms with Crippen molar-refractivity contribution in [3.63, 3.8) is 0 Å². The number of nitrogens with one attached hydrogen (secondary N) is 1. The highest BCUT2D eigenvalue weighted by atomic mass is 35.5. The molecule has 0 spiro atoms. The molecule has 2 nitrogen and oxygen atoms in total. The molecule has 0 aliphatic rings. The highest BCUT2D eigenvalue weighted by Crippen LogP contribution is 2.41. The van der Waals surface area contributed by atoms with Crippen molar-refractivity contribution in [1.29, 1.82) is 0 Å². The summed E-state index contributed by atoms with van der Waals surface area (Å²) in [6.07, 6.45) is -5.10. The summed E-state index contributed by atoms with van der Waals surface area (Å²) in [6, 6.07) is 15.6. The van der Waals surface area contributed by atoms with Crippen LogP contribution in [0.1, 0.15) is 11.1 Å². The fourth-order valence-corrected chi connectivity index (χ4v) is 2.52. The number of carbonyl (C=O) groups excluding carboxylic acids is 1. The molecule has 2 aromatic carbocycles. The molecule has 0 aromatic heterocycles. The number of halogens is 4. The molecule has 0 aliphatic carbocycles. The summed E-state index contributed by atoms with van der Waals surface area (Å²) in [5.41, 5.74) is -2.10. The van der Waals surface area contributed by atoms with E-state index in [0.29, 0.717) is 5.56 Å². The van der Waals surface area contributed by atoms with Gasteiger partial charge in [0.15, 0.2) is 5.54 Å². The molecule has 2 aromatic rings. The average Bonchev–Trinajstić information content (AvgIpc) is 2.54. The zero-order chi connectivity index (χ0) is 16.9. The van der Waals surface area contributed by atoms with Gasteiger partial charge in [-0.3, -0.25) is 4.79 Å². The molecule has 1 N–H and O–H groups in total. The van der Waals surface area contributed by atoms with E-state index in [1.165, 1.54) is 24.3 Å². The topological polar surface area (TPSA) is 29.1 Å². The third-order valence-electron chi connectivity index (χ3n) is 3.54. The lowest BCUT2D eigenvalue weighted by Gasteiger charge is -2.37. The van der Waals surface area contributed by atoms with Gasteiger partial charge in [0.2, 0.25) is 5.91 Å². The molecular formula is C17H15ClF3NO. The van der Waals surface area contributed by atoms with Gasteiger partial charge in [-0.1, -0.05) is 60.7 Å². The first-order valence-electron chi connectivity index (χ1n) is 6.92. The van der Waals surface area contributed by atoms with Crippen LogP contribution in [0.4, 0.5) is 13.2 Å². The summed E-state index contributed by atoms with van der Waals surface area (Å²) >= 11 is 5.42. The van der Waals surface area contributed by atoms with Crippen molar-refractivity contribution in [1.82, 2.24) is 5.32 Å². The third-order valence-corrected chi connectivity index (χ3v) is 3.78. The van der Waals surface area contributed by atoms with Crippen LogP contribution in [0.5, 0.6) is 0 Å². The summed E-state index contributed by atoms with van der Waals surface area (Å²) in [7, 11) is 0. The highest BCUT2D eigenvalue weighted by molar-refractivity contribution is 6.27. The number of alkyl halides is 4. The van der Waals surface area contributed by atoms with Gasteiger partial charge in [-0.15, -0.1) is 11.6 Å². The molecule has 1 atom stereocenters. The van der Waals surface area contributed by atoms with Crippen molar-refractivity contribution >= 4 is 17.5 Å². The Labute approximate surface area is 137 Å². The molecule has 0 saturated heterocycles. The van der Waals surface area contributed by atoms with E-state index in [4.69, 9.17) is 11.6 Å². The largest absolute Gasteiger partial charge is 0.416 e. The van der Waals surface area contributed by atoms with E-state index in [9.17, 15) is 18.0 Å². The summed E-state index contributed by atoms with van der Waals surface area (Å²) < 4.78 is 42.0. The zero-order valence-electron chi connectivity index (χ0n) is 12.1. The van der Waals surface area contributed by atoms with Crippen molar-refractivity contribution < 1.29 is 18.0 Å². The van der Waals surface area contributed by atoms with Gasteiger partial charge in [-0.2, -0.15) is 13.2 Å². The molecule has 0 saturated carbocycles. The molecule has 0 bridgehead atoms. The van der Waals surface area contributed by atoms with Crippen LogP contribution in [0.25, 0.3) is 0 Å². The normalized spacial score (nSPS) is 14.1. The molecule has 1 unspecified atom stereocenters. The van der Waals surface area contributed by atoms with Crippen molar-refractivity contribution in [2.24, 2.45) is 0 Å². The van der Waals surface area contributed by atoms with E-state index in [-0.39, 0.29) is 5.56 Å². The minimum Gasteiger partial charge on any atom is -0.337 e. The molecular weight excluding hydrogens is 327 g/mol. The first-order valence-corrected chi connectivity index (χ1v) is 7.45. The molecule has 0 heterocycles. The van der Waals surface area contributed by atoms with E-state index in [1.54, 1.807) is 36.4 Å². The SMILES string of the molecule is O=C(CCl)NC(Cc1ccccc1)(c1ccccc1)C(F)(F)F. The van der Waals surface area contributed by atoms with Crippen LogP contribution >= 0.6 is 11.6 Å². The maximum Gasteiger partial charge on any atom is 0.416 e. The summed E-state index contributed by atoms with van der Waals surface area (Å²) in [4.78, 5) is 11.7. The van der Waals surface area contributed by atoms with Gasteiger partial charge in [0.1, 0.15) is 5.88 Å². The monoisotopic (exact) mass is 341 g/mol. The predicted octanol–water partition coefficient (Wildman–Crippen LogP) is 4.04. The van der Waals surface area contributed by atoms with Crippen LogP contribution in [-0.2, 0) is 16.8 Å². The van der Waals surface area contributed by atoms with Crippen molar-refractivity contribution in [2.45, 2.75) is 18.1 Å². The second-order valence-electron chi connectivity index (χ2n) is 5.11. The van der Waals surface area contributed by atoms with Gasteiger partial charge >= 0.3 is 6.18 Å². The summed E-state index contributed by atoms with van der Waals surface area (Å²) in [5, 5.41) is 2.09. The van der Waals surface area contributed by atoms with Gasteiger partial charge in [-0.05, 0) is 11.1 Å². The number of hydrogen-bond donors (Lipinski definition) is 1. The zero-order valence-corrected chi connectivity index (χ0v) is 12.9. The third kappa shape index (κ3) is 3.85.